The third-order valence-electron chi connectivity index (χ3n) is 5.18. The molecule has 152 valence electrons. The lowest BCUT2D eigenvalue weighted by Gasteiger charge is -2.25. The molecule has 0 saturated heterocycles. The van der Waals surface area contributed by atoms with Crippen LogP contribution >= 0.6 is 11.6 Å². The van der Waals surface area contributed by atoms with Crippen molar-refractivity contribution < 1.29 is 4.74 Å². The molecule has 0 aliphatic carbocycles. The van der Waals surface area contributed by atoms with E-state index in [4.69, 9.17) is 16.3 Å². The molecule has 30 heavy (non-hydrogen) atoms. The Morgan fingerprint density at radius 1 is 1.13 bits per heavy atom. The smallest absolute Gasteiger partial charge is 0.345 e. The Morgan fingerprint density at radius 3 is 2.87 bits per heavy atom. The molecule has 0 radical (unpaired) electrons. The van der Waals surface area contributed by atoms with E-state index in [0.717, 1.165) is 47.5 Å². The monoisotopic (exact) mass is 421 g/mol. The fourth-order valence-electron chi connectivity index (χ4n) is 3.83. The van der Waals surface area contributed by atoms with Crippen molar-refractivity contribution in [1.29, 1.82) is 0 Å². The highest BCUT2D eigenvalue weighted by Gasteiger charge is 2.22. The van der Waals surface area contributed by atoms with Crippen LogP contribution in [0.2, 0.25) is 5.02 Å². The number of rotatable bonds is 3. The first-order valence-corrected chi connectivity index (χ1v) is 10.2. The van der Waals surface area contributed by atoms with Crippen LogP contribution in [0.15, 0.2) is 53.5 Å². The summed E-state index contributed by atoms with van der Waals surface area (Å²) in [7, 11) is 0. The number of benzene rings is 2. The second-order valence-corrected chi connectivity index (χ2v) is 7.75. The molecule has 8 heteroatoms. The number of aryl methyl sites for hydroxylation is 2. The molecule has 4 aromatic rings. The summed E-state index contributed by atoms with van der Waals surface area (Å²) in [5, 5.41) is 2.56. The highest BCUT2D eigenvalue weighted by atomic mass is 35.5. The number of aromatic amines is 1. The summed E-state index contributed by atoms with van der Waals surface area (Å²) in [5.41, 5.74) is 3.08. The first kappa shape index (κ1) is 18.7. The summed E-state index contributed by atoms with van der Waals surface area (Å²) in [6, 6.07) is 12.7. The molecular formula is C22H20ClN5O2. The Hall–Kier alpha value is -3.32. The molecule has 1 aliphatic heterocycles. The molecule has 1 N–H and O–H groups in total. The number of nitrogens with one attached hydrogen (secondary N) is 1. The maximum Gasteiger partial charge on any atom is 0.345 e. The largest absolute Gasteiger partial charge is 0.457 e. The number of ether oxygens (including phenoxy) is 1. The van der Waals surface area contributed by atoms with Gasteiger partial charge in [0.25, 0.3) is 0 Å². The van der Waals surface area contributed by atoms with Gasteiger partial charge in [-0.2, -0.15) is 0 Å². The minimum atomic E-state index is -0.210. The van der Waals surface area contributed by atoms with Crippen molar-refractivity contribution in [2.45, 2.75) is 26.2 Å². The molecule has 0 spiro atoms. The molecule has 5 rings (SSSR count). The van der Waals surface area contributed by atoms with Crippen molar-refractivity contribution in [3.05, 3.63) is 75.7 Å². The van der Waals surface area contributed by atoms with Crippen LogP contribution < -0.4 is 15.4 Å². The number of anilines is 1. The predicted octanol–water partition coefficient (Wildman–Crippen LogP) is 4.48. The molecule has 2 aromatic heterocycles. The zero-order chi connectivity index (χ0) is 20.7. The predicted molar refractivity (Wildman–Crippen MR) is 117 cm³/mol. The maximum absolute atomic E-state index is 12.9. The average Bonchev–Trinajstić information content (AvgIpc) is 2.90. The van der Waals surface area contributed by atoms with Crippen molar-refractivity contribution in [3.8, 4) is 11.5 Å². The van der Waals surface area contributed by atoms with Gasteiger partial charge in [0.15, 0.2) is 0 Å². The lowest BCUT2D eigenvalue weighted by atomic mass is 10.2. The fraction of sp³-hybridized carbons (Fsp3) is 0.227. The van der Waals surface area contributed by atoms with E-state index in [-0.39, 0.29) is 5.69 Å². The van der Waals surface area contributed by atoms with Gasteiger partial charge in [-0.1, -0.05) is 17.7 Å². The van der Waals surface area contributed by atoms with E-state index in [2.05, 4.69) is 15.0 Å². The van der Waals surface area contributed by atoms with Crippen molar-refractivity contribution >= 4 is 28.3 Å². The fourth-order valence-corrected chi connectivity index (χ4v) is 4.01. The topological polar surface area (TPSA) is 76.0 Å². The third-order valence-corrected chi connectivity index (χ3v) is 5.42. The maximum atomic E-state index is 12.9. The zero-order valence-corrected chi connectivity index (χ0v) is 17.2. The molecule has 3 heterocycles. The first-order chi connectivity index (χ1) is 14.6. The van der Waals surface area contributed by atoms with Crippen LogP contribution in [0, 0.1) is 6.92 Å². The van der Waals surface area contributed by atoms with Crippen molar-refractivity contribution in [1.82, 2.24) is 19.6 Å². The minimum absolute atomic E-state index is 0.210. The van der Waals surface area contributed by atoms with Crippen LogP contribution in [-0.2, 0) is 6.42 Å². The van der Waals surface area contributed by atoms with Gasteiger partial charge in [-0.05, 0) is 56.5 Å². The second kappa shape index (κ2) is 7.50. The van der Waals surface area contributed by atoms with Gasteiger partial charge in [-0.3, -0.25) is 5.01 Å². The lowest BCUT2D eigenvalue weighted by Crippen LogP contribution is -2.38. The number of fused-ring (bicyclic) bond motifs is 2. The molecule has 0 unspecified atom stereocenters. The second-order valence-electron chi connectivity index (χ2n) is 7.31. The third kappa shape index (κ3) is 3.41. The van der Waals surface area contributed by atoms with Crippen molar-refractivity contribution in [3.63, 3.8) is 0 Å². The number of imidazole rings is 1. The van der Waals surface area contributed by atoms with Crippen LogP contribution in [0.1, 0.15) is 24.4 Å². The van der Waals surface area contributed by atoms with E-state index in [1.165, 1.54) is 0 Å². The lowest BCUT2D eigenvalue weighted by molar-refractivity contribution is 0.483. The summed E-state index contributed by atoms with van der Waals surface area (Å²) in [6.07, 6.45) is 4.64. The first-order valence-electron chi connectivity index (χ1n) is 9.87. The van der Waals surface area contributed by atoms with E-state index in [9.17, 15) is 4.79 Å². The summed E-state index contributed by atoms with van der Waals surface area (Å²) in [6.45, 7) is 2.58. The number of hydrogen-bond donors (Lipinski definition) is 1. The van der Waals surface area contributed by atoms with Crippen LogP contribution in [0.3, 0.4) is 0 Å². The minimum Gasteiger partial charge on any atom is -0.457 e. The average molecular weight is 422 g/mol. The van der Waals surface area contributed by atoms with Gasteiger partial charge < -0.3 is 9.72 Å². The normalized spacial score (nSPS) is 13.9. The van der Waals surface area contributed by atoms with Crippen LogP contribution in [0.25, 0.3) is 11.0 Å². The summed E-state index contributed by atoms with van der Waals surface area (Å²) in [5.74, 6) is 1.99. The Kier molecular flexibility index (Phi) is 4.67. The standard InChI is InChI=1S/C22H20ClN5O2/c1-14-24-13-21-18(25-14)7-2-3-10-27(21)28-20-12-17(8-9-19(20)26-22(28)29)30-16-6-4-5-15(23)11-16/h4-6,8-9,11-13H,2-3,7,10H2,1H3,(H,26,29). The Morgan fingerprint density at radius 2 is 2.00 bits per heavy atom. The van der Waals surface area contributed by atoms with Gasteiger partial charge in [-0.25, -0.2) is 19.4 Å². The van der Waals surface area contributed by atoms with E-state index in [0.29, 0.717) is 23.1 Å². The highest BCUT2D eigenvalue weighted by molar-refractivity contribution is 6.30. The van der Waals surface area contributed by atoms with E-state index < -0.39 is 0 Å². The molecule has 0 bridgehead atoms. The number of nitrogens with zero attached hydrogens (tertiary/aromatic N) is 4. The number of hydrogen-bond acceptors (Lipinski definition) is 5. The van der Waals surface area contributed by atoms with Gasteiger partial charge >= 0.3 is 5.69 Å². The number of aromatic nitrogens is 4. The molecule has 0 fully saturated rings. The highest BCUT2D eigenvalue weighted by Crippen LogP contribution is 2.29. The molecule has 0 atom stereocenters. The van der Waals surface area contributed by atoms with Crippen molar-refractivity contribution in [2.24, 2.45) is 0 Å². The van der Waals surface area contributed by atoms with Crippen molar-refractivity contribution in [2.75, 3.05) is 11.6 Å². The summed E-state index contributed by atoms with van der Waals surface area (Å²) in [4.78, 5) is 24.8. The van der Waals surface area contributed by atoms with Crippen LogP contribution in [0.5, 0.6) is 11.5 Å². The summed E-state index contributed by atoms with van der Waals surface area (Å²) < 4.78 is 7.63. The van der Waals surface area contributed by atoms with Gasteiger partial charge in [0.1, 0.15) is 17.3 Å². The number of H-pyrrole nitrogens is 1. The van der Waals surface area contributed by atoms with E-state index in [1.807, 2.05) is 42.3 Å². The Bertz CT molecular complexity index is 1300. The van der Waals surface area contributed by atoms with Gasteiger partial charge in [0.2, 0.25) is 0 Å². The molecular weight excluding hydrogens is 402 g/mol. The number of halogens is 1. The van der Waals surface area contributed by atoms with Gasteiger partial charge in [0, 0.05) is 17.6 Å². The van der Waals surface area contributed by atoms with E-state index >= 15 is 0 Å². The Labute approximate surface area is 177 Å². The van der Waals surface area contributed by atoms with Gasteiger partial charge in [-0.15, -0.1) is 0 Å². The van der Waals surface area contributed by atoms with Crippen LogP contribution in [0.4, 0.5) is 5.69 Å². The van der Waals surface area contributed by atoms with E-state index in [1.54, 1.807) is 23.0 Å². The quantitative estimate of drug-likeness (QED) is 0.527. The van der Waals surface area contributed by atoms with Gasteiger partial charge in [0.05, 0.1) is 28.6 Å². The van der Waals surface area contributed by atoms with Crippen LogP contribution in [-0.4, -0.2) is 26.2 Å². The SMILES string of the molecule is Cc1ncc2c(n1)CCCCN2n1c(=O)[nH]c2ccc(Oc3cccc(Cl)c3)cc21. The molecule has 1 aliphatic rings. The summed E-state index contributed by atoms with van der Waals surface area (Å²) >= 11 is 6.06. The molecule has 0 amide bonds. The zero-order valence-electron chi connectivity index (χ0n) is 16.4. The molecule has 0 saturated carbocycles. The Balaban J connectivity index is 1.61. The molecule has 7 nitrogen and oxygen atoms in total. The molecule has 2 aromatic carbocycles.